The van der Waals surface area contributed by atoms with E-state index in [1.807, 2.05) is 6.92 Å². The molecule has 14 nitrogen and oxygen atoms in total. The maximum absolute atomic E-state index is 9.88. The van der Waals surface area contributed by atoms with Crippen molar-refractivity contribution in [3.8, 4) is 0 Å². The Bertz CT molecular complexity index is 712. The molecule has 21 heteroatoms. The predicted molar refractivity (Wildman–Crippen MR) is 217 cm³/mol. The molecular formula is C28H58O14S7. The molecule has 0 heterocycles. The van der Waals surface area contributed by atoms with E-state index in [-0.39, 0.29) is 49.0 Å². The van der Waals surface area contributed by atoms with Gasteiger partial charge in [-0.05, 0) is 6.42 Å². The molecule has 0 radical (unpaired) electrons. The third-order valence-electron chi connectivity index (χ3n) is 4.64. The number of hydrogen-bond donors (Lipinski definition) is 13. The van der Waals surface area contributed by atoms with Crippen LogP contribution in [0.4, 0.5) is 0 Å². The van der Waals surface area contributed by atoms with Crippen molar-refractivity contribution in [1.82, 2.24) is 0 Å². The fourth-order valence-electron chi connectivity index (χ4n) is 0.682. The van der Waals surface area contributed by atoms with E-state index in [9.17, 15) is 33.6 Å². The summed E-state index contributed by atoms with van der Waals surface area (Å²) < 4.78 is 0. The average Bonchev–Trinajstić information content (AvgIpc) is 3.03. The fraction of sp³-hybridized carbons (Fsp3) is 0.750. The van der Waals surface area contributed by atoms with E-state index in [0.717, 1.165) is 6.42 Å². The molecule has 0 spiro atoms. The van der Waals surface area contributed by atoms with Gasteiger partial charge in [0.2, 0.25) is 0 Å². The molecule has 296 valence electrons. The molecular weight excluding hydrogens is 785 g/mol. The minimum absolute atomic E-state index is 0. The highest BCUT2D eigenvalue weighted by Crippen LogP contribution is 1.97. The summed E-state index contributed by atoms with van der Waals surface area (Å²) in [5.74, 6) is -4.83. The minimum Gasteiger partial charge on any atom is -0.481 e. The highest BCUT2D eigenvalue weighted by Gasteiger charge is 2.08. The van der Waals surface area contributed by atoms with Crippen LogP contribution in [0.5, 0.6) is 0 Å². The van der Waals surface area contributed by atoms with Gasteiger partial charge in [-0.2, -0.15) is 89.3 Å². The molecule has 0 bridgehead atoms. The van der Waals surface area contributed by atoms with Crippen LogP contribution in [-0.4, -0.2) is 112 Å². The van der Waals surface area contributed by atoms with Gasteiger partial charge in [0.25, 0.3) is 0 Å². The fourth-order valence-corrected chi connectivity index (χ4v) is 1.62. The smallest absolute Gasteiger partial charge is 0.307 e. The van der Waals surface area contributed by atoms with Crippen LogP contribution in [0, 0.1) is 35.5 Å². The largest absolute Gasteiger partial charge is 0.481 e. The Kier molecular flexibility index (Phi) is 63.0. The molecule has 0 aromatic carbocycles. The van der Waals surface area contributed by atoms with Crippen LogP contribution >= 0.6 is 89.3 Å². The van der Waals surface area contributed by atoms with E-state index < -0.39 is 41.8 Å². The first-order valence-corrected chi connectivity index (χ1v) is 17.9. The van der Waals surface area contributed by atoms with E-state index in [0.29, 0.717) is 40.9 Å². The first-order valence-electron chi connectivity index (χ1n) is 14.1. The Labute approximate surface area is 329 Å². The molecule has 0 aliphatic rings. The Hall–Kier alpha value is -1.26. The lowest BCUT2D eigenvalue weighted by Crippen LogP contribution is -2.09. The topological polar surface area (TPSA) is 261 Å². The van der Waals surface area contributed by atoms with E-state index in [4.69, 9.17) is 35.7 Å². The van der Waals surface area contributed by atoms with Crippen LogP contribution in [0.25, 0.3) is 0 Å². The van der Waals surface area contributed by atoms with Gasteiger partial charge in [-0.15, -0.1) is 0 Å². The van der Waals surface area contributed by atoms with Gasteiger partial charge in [0.15, 0.2) is 0 Å². The molecule has 0 aromatic heterocycles. The van der Waals surface area contributed by atoms with Crippen molar-refractivity contribution in [3.05, 3.63) is 0 Å². The second kappa shape index (κ2) is 46.7. The second-order valence-corrected chi connectivity index (χ2v) is 11.9. The predicted octanol–water partition coefficient (Wildman–Crippen LogP) is 4.81. The standard InChI is InChI=1S/6C4H8O2S.C4H8O2.H2S/c6*1-3(2-7)4(5)6;1-2-3-4(5)6;/h6*3,7H,2H2,1H3,(H,5,6);2-3H2,1H3,(H,5,6);1H2. The quantitative estimate of drug-likeness (QED) is 0.105. The zero-order chi connectivity index (χ0) is 40.2. The monoisotopic (exact) mass is 842 g/mol. The Morgan fingerprint density at radius 2 is 0.510 bits per heavy atom. The molecule has 0 rings (SSSR count). The van der Waals surface area contributed by atoms with Crippen molar-refractivity contribution in [2.45, 2.75) is 61.3 Å². The first kappa shape index (κ1) is 66.0. The van der Waals surface area contributed by atoms with Crippen molar-refractivity contribution in [2.24, 2.45) is 35.5 Å². The summed E-state index contributed by atoms with van der Waals surface area (Å²) in [4.78, 5) is 68.9. The molecule has 49 heavy (non-hydrogen) atoms. The number of carboxylic acid groups (broad SMARTS) is 7. The molecule has 6 unspecified atom stereocenters. The van der Waals surface area contributed by atoms with E-state index in [1.54, 1.807) is 41.5 Å². The minimum atomic E-state index is -0.782. The molecule has 0 aromatic rings. The number of aliphatic carboxylic acids is 7. The summed E-state index contributed by atoms with van der Waals surface area (Å²) in [5.41, 5.74) is 0. The zero-order valence-electron chi connectivity index (χ0n) is 28.8. The van der Waals surface area contributed by atoms with Crippen LogP contribution < -0.4 is 0 Å². The van der Waals surface area contributed by atoms with Crippen LogP contribution in [0.2, 0.25) is 0 Å². The lowest BCUT2D eigenvalue weighted by Gasteiger charge is -1.95. The molecule has 0 amide bonds. The summed E-state index contributed by atoms with van der Waals surface area (Å²) >= 11 is 22.6. The third-order valence-corrected chi connectivity index (χ3v) is 7.92. The highest BCUT2D eigenvalue weighted by molar-refractivity contribution is 7.81. The van der Waals surface area contributed by atoms with E-state index in [1.165, 1.54) is 0 Å². The summed E-state index contributed by atoms with van der Waals surface area (Å²) in [7, 11) is 0. The summed E-state index contributed by atoms with van der Waals surface area (Å²) in [6, 6.07) is 0. The third kappa shape index (κ3) is 65.7. The second-order valence-electron chi connectivity index (χ2n) is 9.67. The zero-order valence-corrected chi connectivity index (χ0v) is 35.2. The number of carbonyl (C=O) groups is 7. The number of carboxylic acids is 7. The van der Waals surface area contributed by atoms with E-state index in [2.05, 4.69) is 75.8 Å². The van der Waals surface area contributed by atoms with Crippen LogP contribution in [-0.2, 0) is 33.6 Å². The highest BCUT2D eigenvalue weighted by atomic mass is 32.1. The van der Waals surface area contributed by atoms with Crippen LogP contribution in [0.3, 0.4) is 0 Å². The molecule has 0 saturated carbocycles. The molecule has 7 N–H and O–H groups in total. The van der Waals surface area contributed by atoms with Crippen molar-refractivity contribution in [1.29, 1.82) is 0 Å². The average molecular weight is 843 g/mol. The lowest BCUT2D eigenvalue weighted by molar-refractivity contribution is -0.141. The van der Waals surface area contributed by atoms with Gasteiger partial charge >= 0.3 is 41.8 Å². The number of hydrogen-bond acceptors (Lipinski definition) is 13. The van der Waals surface area contributed by atoms with Gasteiger partial charge in [-0.25, -0.2) is 0 Å². The SMILES string of the molecule is CC(CS)C(=O)O.CC(CS)C(=O)O.CC(CS)C(=O)O.CC(CS)C(=O)O.CC(CS)C(=O)O.CC(CS)C(=O)O.CCCC(=O)O.S. The maximum atomic E-state index is 9.88. The van der Waals surface area contributed by atoms with Gasteiger partial charge in [0, 0.05) is 40.9 Å². The first-order chi connectivity index (χ1) is 21.9. The van der Waals surface area contributed by atoms with Gasteiger partial charge in [-0.3, -0.25) is 33.6 Å². The van der Waals surface area contributed by atoms with Crippen molar-refractivity contribution < 1.29 is 69.3 Å². The molecule has 0 fully saturated rings. The van der Waals surface area contributed by atoms with Gasteiger partial charge in [-0.1, -0.05) is 48.5 Å². The van der Waals surface area contributed by atoms with Crippen LogP contribution in [0.1, 0.15) is 61.3 Å². The Balaban J connectivity index is -0.0000000665. The van der Waals surface area contributed by atoms with Gasteiger partial charge < -0.3 is 35.7 Å². The molecule has 6 atom stereocenters. The Morgan fingerprint density at radius 3 is 0.510 bits per heavy atom. The summed E-state index contributed by atoms with van der Waals surface area (Å²) in [5, 5.41) is 56.7. The Morgan fingerprint density at radius 1 is 0.388 bits per heavy atom. The van der Waals surface area contributed by atoms with Crippen molar-refractivity contribution in [3.63, 3.8) is 0 Å². The number of thiol groups is 6. The molecule has 0 aliphatic carbocycles. The van der Waals surface area contributed by atoms with Crippen molar-refractivity contribution >= 4 is 131 Å². The number of rotatable bonds is 14. The lowest BCUT2D eigenvalue weighted by atomic mass is 10.2. The summed E-state index contributed by atoms with van der Waals surface area (Å²) in [6.07, 6.45) is 1.02. The molecule has 0 saturated heterocycles. The normalized spacial score (nSPS) is 12.5. The van der Waals surface area contributed by atoms with Crippen LogP contribution in [0.15, 0.2) is 0 Å². The molecule has 0 aliphatic heterocycles. The van der Waals surface area contributed by atoms with Crippen molar-refractivity contribution in [2.75, 3.05) is 34.5 Å². The summed E-state index contributed by atoms with van der Waals surface area (Å²) in [6.45, 7) is 11.6. The van der Waals surface area contributed by atoms with Gasteiger partial charge in [0.1, 0.15) is 0 Å². The van der Waals surface area contributed by atoms with Gasteiger partial charge in [0.05, 0.1) is 35.5 Å². The maximum Gasteiger partial charge on any atom is 0.307 e. The van der Waals surface area contributed by atoms with E-state index >= 15 is 0 Å².